The van der Waals surface area contributed by atoms with E-state index in [1.54, 1.807) is 69.3 Å². The van der Waals surface area contributed by atoms with Gasteiger partial charge in [-0.3, -0.25) is 0 Å². The summed E-state index contributed by atoms with van der Waals surface area (Å²) < 4.78 is 20.3. The van der Waals surface area contributed by atoms with E-state index in [9.17, 15) is 19.2 Å². The fourth-order valence-corrected chi connectivity index (χ4v) is 2.98. The maximum Gasteiger partial charge on any atom is 0.408 e. The van der Waals surface area contributed by atoms with Crippen molar-refractivity contribution in [2.75, 3.05) is 13.7 Å². The molecule has 0 bridgehead atoms. The van der Waals surface area contributed by atoms with Crippen LogP contribution in [0.25, 0.3) is 0 Å². The molecular weight excluding hydrogens is 468 g/mol. The van der Waals surface area contributed by atoms with Crippen molar-refractivity contribution >= 4 is 24.1 Å². The highest BCUT2D eigenvalue weighted by atomic mass is 16.6. The minimum absolute atomic E-state index is 0.0146. The third kappa shape index (κ3) is 10.5. The second-order valence-electron chi connectivity index (χ2n) is 8.80. The summed E-state index contributed by atoms with van der Waals surface area (Å²) in [4.78, 5) is 49.5. The van der Waals surface area contributed by atoms with E-state index in [0.717, 1.165) is 18.2 Å². The topological polar surface area (TPSA) is 129 Å². The van der Waals surface area contributed by atoms with Gasteiger partial charge in [0.05, 0.1) is 7.11 Å². The number of ether oxygens (including phenoxy) is 4. The predicted octanol–water partition coefficient (Wildman–Crippen LogP) is 3.13. The lowest BCUT2D eigenvalue weighted by molar-refractivity contribution is -0.151. The third-order valence-electron chi connectivity index (χ3n) is 4.64. The molecule has 0 aliphatic heterocycles. The number of amides is 2. The number of methoxy groups -OCH3 is 1. The number of hydrogen-bond acceptors (Lipinski definition) is 8. The van der Waals surface area contributed by atoms with Crippen molar-refractivity contribution in [3.63, 3.8) is 0 Å². The minimum Gasteiger partial charge on any atom is -0.467 e. The van der Waals surface area contributed by atoms with Crippen LogP contribution in [0.1, 0.15) is 31.9 Å². The van der Waals surface area contributed by atoms with Crippen molar-refractivity contribution < 1.29 is 38.1 Å². The van der Waals surface area contributed by atoms with E-state index in [1.165, 1.54) is 0 Å². The Morgan fingerprint density at radius 3 is 1.86 bits per heavy atom. The first-order valence-electron chi connectivity index (χ1n) is 11.3. The predicted molar refractivity (Wildman–Crippen MR) is 130 cm³/mol. The summed E-state index contributed by atoms with van der Waals surface area (Å²) in [7, 11) is 1.14. The number of alkyl carbamates (subject to hydrolysis) is 2. The third-order valence-corrected chi connectivity index (χ3v) is 4.64. The van der Waals surface area contributed by atoms with E-state index in [2.05, 4.69) is 10.6 Å². The summed E-state index contributed by atoms with van der Waals surface area (Å²) in [5.74, 6) is -1.66. The summed E-state index contributed by atoms with van der Waals surface area (Å²) in [5, 5.41) is 4.83. The van der Waals surface area contributed by atoms with Crippen LogP contribution in [0.15, 0.2) is 60.7 Å². The molecule has 10 heteroatoms. The molecule has 0 saturated carbocycles. The lowest BCUT2D eigenvalue weighted by atomic mass is 10.1. The molecule has 2 aromatic carbocycles. The van der Waals surface area contributed by atoms with Crippen LogP contribution in [0.5, 0.6) is 0 Å². The lowest BCUT2D eigenvalue weighted by Gasteiger charge is -2.23. The zero-order valence-electron chi connectivity index (χ0n) is 20.8. The van der Waals surface area contributed by atoms with Gasteiger partial charge in [-0.15, -0.1) is 0 Å². The average molecular weight is 501 g/mol. The minimum atomic E-state index is -1.32. The maximum atomic E-state index is 12.9. The van der Waals surface area contributed by atoms with E-state index in [4.69, 9.17) is 18.9 Å². The van der Waals surface area contributed by atoms with Gasteiger partial charge in [-0.05, 0) is 31.9 Å². The van der Waals surface area contributed by atoms with Gasteiger partial charge in [-0.2, -0.15) is 0 Å². The first-order chi connectivity index (χ1) is 17.1. The Balaban J connectivity index is 2.01. The summed E-state index contributed by atoms with van der Waals surface area (Å²) in [6.07, 6.45) is -1.57. The Morgan fingerprint density at radius 2 is 1.31 bits per heavy atom. The average Bonchev–Trinajstić information content (AvgIpc) is 2.84. The van der Waals surface area contributed by atoms with Gasteiger partial charge in [0.25, 0.3) is 0 Å². The molecule has 0 heterocycles. The van der Waals surface area contributed by atoms with Crippen molar-refractivity contribution in [1.82, 2.24) is 10.6 Å². The second kappa shape index (κ2) is 13.7. The molecule has 0 fully saturated rings. The number of esters is 2. The normalized spacial score (nSPS) is 12.4. The largest absolute Gasteiger partial charge is 0.467 e. The van der Waals surface area contributed by atoms with Gasteiger partial charge in [0, 0.05) is 6.42 Å². The van der Waals surface area contributed by atoms with E-state index in [0.29, 0.717) is 0 Å². The molecule has 2 rings (SSSR count). The smallest absolute Gasteiger partial charge is 0.408 e. The molecule has 2 atom stereocenters. The van der Waals surface area contributed by atoms with Crippen molar-refractivity contribution in [1.29, 1.82) is 0 Å². The van der Waals surface area contributed by atoms with Crippen LogP contribution < -0.4 is 10.6 Å². The number of benzene rings is 2. The Labute approximate surface area is 210 Å². The Bertz CT molecular complexity index is 1010. The van der Waals surface area contributed by atoms with E-state index < -0.39 is 48.4 Å². The SMILES string of the molecule is COC(=O)[C@H](COC(=O)[C@H](Cc1ccccc1)NC(=O)OC(C)(C)C)NC(=O)OCc1ccccc1. The summed E-state index contributed by atoms with van der Waals surface area (Å²) in [6.45, 7) is 4.54. The maximum absolute atomic E-state index is 12.9. The van der Waals surface area contributed by atoms with Gasteiger partial charge < -0.3 is 29.6 Å². The quantitative estimate of drug-likeness (QED) is 0.376. The molecule has 0 aliphatic rings. The first-order valence-corrected chi connectivity index (χ1v) is 11.3. The summed E-state index contributed by atoms with van der Waals surface area (Å²) >= 11 is 0. The van der Waals surface area contributed by atoms with E-state index >= 15 is 0 Å². The molecule has 0 spiro atoms. The Kier molecular flexibility index (Phi) is 10.7. The molecular formula is C26H32N2O8. The van der Waals surface area contributed by atoms with Crippen LogP contribution in [-0.4, -0.2) is 55.5 Å². The number of nitrogens with one attached hydrogen (secondary N) is 2. The molecule has 2 N–H and O–H groups in total. The summed E-state index contributed by atoms with van der Waals surface area (Å²) in [6, 6.07) is 15.5. The number of hydrogen-bond donors (Lipinski definition) is 2. The zero-order valence-corrected chi connectivity index (χ0v) is 20.8. The molecule has 0 unspecified atom stereocenters. The molecule has 0 radical (unpaired) electrons. The Morgan fingerprint density at radius 1 is 0.750 bits per heavy atom. The highest BCUT2D eigenvalue weighted by molar-refractivity contribution is 5.84. The highest BCUT2D eigenvalue weighted by Crippen LogP contribution is 2.10. The van der Waals surface area contributed by atoms with Gasteiger partial charge in [0.15, 0.2) is 6.04 Å². The first kappa shape index (κ1) is 28.2. The molecule has 2 amide bonds. The van der Waals surface area contributed by atoms with Crippen molar-refractivity contribution in [2.24, 2.45) is 0 Å². The zero-order chi connectivity index (χ0) is 26.6. The van der Waals surface area contributed by atoms with E-state index in [-0.39, 0.29) is 13.0 Å². The molecule has 36 heavy (non-hydrogen) atoms. The van der Waals surface area contributed by atoms with Crippen LogP contribution in [0, 0.1) is 0 Å². The van der Waals surface area contributed by atoms with Gasteiger partial charge in [0.2, 0.25) is 0 Å². The van der Waals surface area contributed by atoms with Crippen molar-refractivity contribution in [3.05, 3.63) is 71.8 Å². The number of carbonyl (C=O) groups excluding carboxylic acids is 4. The highest BCUT2D eigenvalue weighted by Gasteiger charge is 2.29. The van der Waals surface area contributed by atoms with E-state index in [1.807, 2.05) is 12.1 Å². The van der Waals surface area contributed by atoms with Crippen LogP contribution in [0.3, 0.4) is 0 Å². The standard InChI is InChI=1S/C26H32N2O8/c1-26(2,3)36-25(32)27-20(15-18-11-7-5-8-12-18)23(30)34-17-21(22(29)33-4)28-24(31)35-16-19-13-9-6-10-14-19/h5-14,20-21H,15-17H2,1-4H3,(H,27,32)(H,28,31)/t20-,21-/m0/s1. The molecule has 194 valence electrons. The summed E-state index contributed by atoms with van der Waals surface area (Å²) in [5.41, 5.74) is 0.749. The molecule has 10 nitrogen and oxygen atoms in total. The molecule has 0 aromatic heterocycles. The lowest BCUT2D eigenvalue weighted by Crippen LogP contribution is -2.49. The second-order valence-corrected chi connectivity index (χ2v) is 8.80. The monoisotopic (exact) mass is 500 g/mol. The van der Waals surface area contributed by atoms with Gasteiger partial charge in [-0.1, -0.05) is 60.7 Å². The van der Waals surface area contributed by atoms with Crippen LogP contribution in [0.2, 0.25) is 0 Å². The molecule has 0 saturated heterocycles. The van der Waals surface area contributed by atoms with Gasteiger partial charge in [0.1, 0.15) is 24.9 Å². The number of carbonyl (C=O) groups is 4. The van der Waals surface area contributed by atoms with Crippen molar-refractivity contribution in [3.8, 4) is 0 Å². The fraction of sp³-hybridized carbons (Fsp3) is 0.385. The molecule has 0 aliphatic carbocycles. The van der Waals surface area contributed by atoms with Gasteiger partial charge in [-0.25, -0.2) is 19.2 Å². The molecule has 2 aromatic rings. The Hall–Kier alpha value is -4.08. The number of rotatable bonds is 10. The fourth-order valence-electron chi connectivity index (χ4n) is 2.98. The van der Waals surface area contributed by atoms with Crippen LogP contribution >= 0.6 is 0 Å². The van der Waals surface area contributed by atoms with Crippen LogP contribution in [0.4, 0.5) is 9.59 Å². The van der Waals surface area contributed by atoms with Gasteiger partial charge >= 0.3 is 24.1 Å². The van der Waals surface area contributed by atoms with Crippen molar-refractivity contribution in [2.45, 2.75) is 51.5 Å². The van der Waals surface area contributed by atoms with Crippen LogP contribution in [-0.2, 0) is 41.6 Å².